The van der Waals surface area contributed by atoms with Gasteiger partial charge in [-0.2, -0.15) is 0 Å². The first-order valence-corrected chi connectivity index (χ1v) is 7.80. The molecule has 0 aliphatic carbocycles. The molecule has 9 heteroatoms. The molecule has 1 aromatic carbocycles. The van der Waals surface area contributed by atoms with E-state index in [2.05, 4.69) is 9.71 Å². The predicted octanol–water partition coefficient (Wildman–Crippen LogP) is 3.42. The number of nitrogens with two attached hydrogens (primary N) is 1. The zero-order valence-electron chi connectivity index (χ0n) is 9.77. The number of halogens is 3. The lowest BCUT2D eigenvalue weighted by Crippen LogP contribution is -2.13. The van der Waals surface area contributed by atoms with E-state index in [9.17, 15) is 8.42 Å². The van der Waals surface area contributed by atoms with E-state index in [0.29, 0.717) is 0 Å². The van der Waals surface area contributed by atoms with Gasteiger partial charge in [0.1, 0.15) is 10.7 Å². The average Bonchev–Trinajstić information content (AvgIpc) is 2.36. The second kappa shape index (κ2) is 5.65. The smallest absolute Gasteiger partial charge is 0.263 e. The first-order chi connectivity index (χ1) is 9.29. The largest absolute Gasteiger partial charge is 0.384 e. The molecule has 2 aromatic rings. The number of nitrogen functional groups attached to an aromatic ring is 1. The van der Waals surface area contributed by atoms with Crippen LogP contribution < -0.4 is 10.5 Å². The van der Waals surface area contributed by atoms with Crippen LogP contribution in [-0.4, -0.2) is 13.4 Å². The van der Waals surface area contributed by atoms with Gasteiger partial charge in [0.05, 0.1) is 20.8 Å². The fourth-order valence-electron chi connectivity index (χ4n) is 1.36. The topological polar surface area (TPSA) is 85.1 Å². The van der Waals surface area contributed by atoms with Gasteiger partial charge in [-0.3, -0.25) is 4.72 Å². The number of hydrogen-bond acceptors (Lipinski definition) is 4. The van der Waals surface area contributed by atoms with Gasteiger partial charge in [0.15, 0.2) is 0 Å². The van der Waals surface area contributed by atoms with Crippen molar-refractivity contribution < 1.29 is 8.42 Å². The molecule has 0 saturated carbocycles. The lowest BCUT2D eigenvalue weighted by molar-refractivity contribution is 0.601. The van der Waals surface area contributed by atoms with Gasteiger partial charge in [-0.15, -0.1) is 0 Å². The number of benzene rings is 1. The van der Waals surface area contributed by atoms with Crippen molar-refractivity contribution in [3.63, 3.8) is 0 Å². The van der Waals surface area contributed by atoms with Gasteiger partial charge in [0.25, 0.3) is 10.0 Å². The summed E-state index contributed by atoms with van der Waals surface area (Å²) in [5.74, 6) is 0.219. The molecule has 2 rings (SSSR count). The molecule has 0 radical (unpaired) electrons. The SMILES string of the molecule is Nc1ccc(S(=O)(=O)Nc2cc(Cl)c(Cl)cc2Cl)cn1. The van der Waals surface area contributed by atoms with Crippen LogP contribution in [0.2, 0.25) is 15.1 Å². The predicted molar refractivity (Wildman–Crippen MR) is 80.9 cm³/mol. The summed E-state index contributed by atoms with van der Waals surface area (Å²) in [6, 6.07) is 5.39. The molecule has 0 amide bonds. The minimum Gasteiger partial charge on any atom is -0.384 e. The van der Waals surface area contributed by atoms with Gasteiger partial charge in [-0.05, 0) is 24.3 Å². The van der Waals surface area contributed by atoms with Crippen LogP contribution in [0.5, 0.6) is 0 Å². The van der Waals surface area contributed by atoms with Gasteiger partial charge in [0, 0.05) is 6.20 Å². The maximum Gasteiger partial charge on any atom is 0.263 e. The summed E-state index contributed by atoms with van der Waals surface area (Å²) in [5.41, 5.74) is 5.53. The molecule has 0 bridgehead atoms. The summed E-state index contributed by atoms with van der Waals surface area (Å²) in [7, 11) is -3.84. The van der Waals surface area contributed by atoms with Crippen LogP contribution in [0, 0.1) is 0 Å². The first-order valence-electron chi connectivity index (χ1n) is 5.18. The molecule has 1 aromatic heterocycles. The maximum atomic E-state index is 12.1. The molecular formula is C11H8Cl3N3O2S. The van der Waals surface area contributed by atoms with Crippen molar-refractivity contribution >= 4 is 56.3 Å². The molecule has 5 nitrogen and oxygen atoms in total. The van der Waals surface area contributed by atoms with Crippen LogP contribution in [0.4, 0.5) is 11.5 Å². The molecule has 1 heterocycles. The lowest BCUT2D eigenvalue weighted by Gasteiger charge is -2.10. The van der Waals surface area contributed by atoms with E-state index >= 15 is 0 Å². The third-order valence-corrected chi connectivity index (χ3v) is 4.71. The van der Waals surface area contributed by atoms with Crippen LogP contribution in [0.3, 0.4) is 0 Å². The number of hydrogen-bond donors (Lipinski definition) is 2. The van der Waals surface area contributed by atoms with Gasteiger partial charge in [-0.25, -0.2) is 13.4 Å². The number of rotatable bonds is 3. The van der Waals surface area contributed by atoms with Crippen LogP contribution in [0.25, 0.3) is 0 Å². The molecule has 20 heavy (non-hydrogen) atoms. The van der Waals surface area contributed by atoms with Crippen molar-refractivity contribution in [3.8, 4) is 0 Å². The quantitative estimate of drug-likeness (QED) is 0.829. The van der Waals surface area contributed by atoms with E-state index in [0.717, 1.165) is 6.20 Å². The summed E-state index contributed by atoms with van der Waals surface area (Å²) in [5, 5.41) is 0.546. The Morgan fingerprint density at radius 1 is 1.05 bits per heavy atom. The molecule has 0 atom stereocenters. The summed E-state index contributed by atoms with van der Waals surface area (Å²) in [4.78, 5) is 3.67. The first kappa shape index (κ1) is 15.2. The third kappa shape index (κ3) is 3.27. The third-order valence-electron chi connectivity index (χ3n) is 2.32. The van der Waals surface area contributed by atoms with Gasteiger partial charge >= 0.3 is 0 Å². The number of anilines is 2. The molecule has 106 valence electrons. The molecule has 0 unspecified atom stereocenters. The van der Waals surface area contributed by atoms with E-state index in [1.807, 2.05) is 0 Å². The number of aromatic nitrogens is 1. The highest BCUT2D eigenvalue weighted by Gasteiger charge is 2.17. The normalized spacial score (nSPS) is 11.3. The second-order valence-corrected chi connectivity index (χ2v) is 6.67. The zero-order chi connectivity index (χ0) is 14.9. The molecule has 0 aliphatic heterocycles. The van der Waals surface area contributed by atoms with E-state index in [-0.39, 0.29) is 31.5 Å². The number of sulfonamides is 1. The highest BCUT2D eigenvalue weighted by Crippen LogP contribution is 2.33. The molecule has 0 saturated heterocycles. The molecule has 0 aliphatic rings. The fourth-order valence-corrected chi connectivity index (χ4v) is 3.02. The van der Waals surface area contributed by atoms with Crippen LogP contribution >= 0.6 is 34.8 Å². The van der Waals surface area contributed by atoms with Crippen molar-refractivity contribution in [2.24, 2.45) is 0 Å². The van der Waals surface area contributed by atoms with Crippen LogP contribution in [0.1, 0.15) is 0 Å². The average molecular weight is 353 g/mol. The monoisotopic (exact) mass is 351 g/mol. The lowest BCUT2D eigenvalue weighted by atomic mass is 10.3. The Labute approximate surface area is 130 Å². The Bertz CT molecular complexity index is 748. The number of nitrogens with zero attached hydrogens (tertiary/aromatic N) is 1. The van der Waals surface area contributed by atoms with Gasteiger partial charge in [-0.1, -0.05) is 34.8 Å². The molecule has 0 fully saturated rings. The summed E-state index contributed by atoms with van der Waals surface area (Å²) < 4.78 is 26.6. The van der Waals surface area contributed by atoms with Crippen molar-refractivity contribution in [1.29, 1.82) is 0 Å². The Hall–Kier alpha value is -1.21. The summed E-state index contributed by atoms with van der Waals surface area (Å²) in [6.45, 7) is 0. The van der Waals surface area contributed by atoms with Gasteiger partial charge in [0.2, 0.25) is 0 Å². The highest BCUT2D eigenvalue weighted by atomic mass is 35.5. The van der Waals surface area contributed by atoms with Crippen molar-refractivity contribution in [2.75, 3.05) is 10.5 Å². The Kier molecular flexibility index (Phi) is 4.29. The van der Waals surface area contributed by atoms with Crippen molar-refractivity contribution in [2.45, 2.75) is 4.90 Å². The van der Waals surface area contributed by atoms with Gasteiger partial charge < -0.3 is 5.73 Å². The van der Waals surface area contributed by atoms with Crippen molar-refractivity contribution in [1.82, 2.24) is 4.98 Å². The summed E-state index contributed by atoms with van der Waals surface area (Å²) >= 11 is 17.5. The highest BCUT2D eigenvalue weighted by molar-refractivity contribution is 7.92. The standard InChI is InChI=1S/C11H8Cl3N3O2S/c12-7-3-9(14)10(4-8(7)13)17-20(18,19)6-1-2-11(15)16-5-6/h1-5,17H,(H2,15,16). The fraction of sp³-hybridized carbons (Fsp3) is 0. The Morgan fingerprint density at radius 2 is 1.70 bits per heavy atom. The van der Waals surface area contributed by atoms with Crippen LogP contribution in [-0.2, 0) is 10.0 Å². The van der Waals surface area contributed by atoms with Crippen molar-refractivity contribution in [3.05, 3.63) is 45.5 Å². The summed E-state index contributed by atoms with van der Waals surface area (Å²) in [6.07, 6.45) is 1.14. The van der Waals surface area contributed by atoms with E-state index in [1.165, 1.54) is 24.3 Å². The molecule has 0 spiro atoms. The molecule has 3 N–H and O–H groups in total. The van der Waals surface area contributed by atoms with E-state index in [1.54, 1.807) is 0 Å². The minimum atomic E-state index is -3.84. The second-order valence-electron chi connectivity index (χ2n) is 3.77. The Morgan fingerprint density at radius 3 is 2.30 bits per heavy atom. The Balaban J connectivity index is 2.38. The zero-order valence-corrected chi connectivity index (χ0v) is 12.9. The van der Waals surface area contributed by atoms with E-state index in [4.69, 9.17) is 40.5 Å². The maximum absolute atomic E-state index is 12.1. The van der Waals surface area contributed by atoms with E-state index < -0.39 is 10.0 Å². The number of pyridine rings is 1. The number of nitrogens with one attached hydrogen (secondary N) is 1. The molecular weight excluding hydrogens is 345 g/mol. The van der Waals surface area contributed by atoms with Crippen LogP contribution in [0.15, 0.2) is 35.4 Å². The minimum absolute atomic E-state index is 0.0474.